The van der Waals surface area contributed by atoms with Crippen molar-refractivity contribution < 1.29 is 4.42 Å². The van der Waals surface area contributed by atoms with Gasteiger partial charge in [-0.1, -0.05) is 15.9 Å². The molecule has 0 N–H and O–H groups in total. The summed E-state index contributed by atoms with van der Waals surface area (Å²) >= 11 is 3.13. The molecule has 8 heavy (non-hydrogen) atoms. The van der Waals surface area contributed by atoms with E-state index in [4.69, 9.17) is 4.42 Å². The first-order chi connectivity index (χ1) is 3.93. The largest absolute Gasteiger partial charge is 0.465 e. The maximum absolute atomic E-state index is 4.96. The van der Waals surface area contributed by atoms with Crippen LogP contribution in [-0.2, 0) is 0 Å². The highest BCUT2D eigenvalue weighted by Gasteiger charge is 1.82. The fraction of sp³-hybridized carbons (Fsp3) is 0. The number of furan rings is 1. The van der Waals surface area contributed by atoms with Crippen LogP contribution in [0.25, 0.3) is 6.08 Å². The SMILES string of the molecule is Br/C=C/c1ccco1. The molecule has 0 saturated carbocycles. The van der Waals surface area contributed by atoms with Gasteiger partial charge in [-0.15, -0.1) is 0 Å². The Labute approximate surface area is 56.1 Å². The highest BCUT2D eigenvalue weighted by Crippen LogP contribution is 2.02. The summed E-state index contributed by atoms with van der Waals surface area (Å²) < 4.78 is 4.96. The summed E-state index contributed by atoms with van der Waals surface area (Å²) in [5.74, 6) is 0.863. The van der Waals surface area contributed by atoms with Crippen molar-refractivity contribution in [3.8, 4) is 0 Å². The highest BCUT2D eigenvalue weighted by molar-refractivity contribution is 9.11. The van der Waals surface area contributed by atoms with E-state index < -0.39 is 0 Å². The molecule has 1 rings (SSSR count). The number of hydrogen-bond donors (Lipinski definition) is 0. The van der Waals surface area contributed by atoms with Crippen LogP contribution < -0.4 is 0 Å². The van der Waals surface area contributed by atoms with E-state index in [0.717, 1.165) is 5.76 Å². The van der Waals surface area contributed by atoms with Gasteiger partial charge in [0, 0.05) is 0 Å². The Morgan fingerprint density at radius 3 is 3.00 bits per heavy atom. The number of halogens is 1. The van der Waals surface area contributed by atoms with Crippen LogP contribution in [0.3, 0.4) is 0 Å². The molecular weight excluding hydrogens is 168 g/mol. The van der Waals surface area contributed by atoms with Gasteiger partial charge in [0.1, 0.15) is 5.76 Å². The molecule has 0 aliphatic heterocycles. The van der Waals surface area contributed by atoms with Crippen molar-refractivity contribution in [1.29, 1.82) is 0 Å². The molecule has 0 saturated heterocycles. The lowest BCUT2D eigenvalue weighted by Crippen LogP contribution is -1.52. The third kappa shape index (κ3) is 1.23. The van der Waals surface area contributed by atoms with E-state index in [1.54, 1.807) is 11.2 Å². The average Bonchev–Trinajstić information content (AvgIpc) is 2.19. The maximum atomic E-state index is 4.96. The molecule has 0 unspecified atom stereocenters. The molecule has 2 heteroatoms. The average molecular weight is 173 g/mol. The molecule has 42 valence electrons. The van der Waals surface area contributed by atoms with Crippen molar-refractivity contribution in [3.63, 3.8) is 0 Å². The van der Waals surface area contributed by atoms with Crippen LogP contribution in [0, 0.1) is 0 Å². The first-order valence-electron chi connectivity index (χ1n) is 2.24. The van der Waals surface area contributed by atoms with Gasteiger partial charge in [-0.25, -0.2) is 0 Å². The molecule has 0 aromatic carbocycles. The van der Waals surface area contributed by atoms with Gasteiger partial charge in [0.2, 0.25) is 0 Å². The lowest BCUT2D eigenvalue weighted by Gasteiger charge is -1.75. The van der Waals surface area contributed by atoms with E-state index in [1.807, 2.05) is 18.2 Å². The molecule has 0 atom stereocenters. The molecule has 1 aromatic heterocycles. The van der Waals surface area contributed by atoms with Crippen LogP contribution in [0.4, 0.5) is 0 Å². The summed E-state index contributed by atoms with van der Waals surface area (Å²) in [4.78, 5) is 1.76. The topological polar surface area (TPSA) is 13.1 Å². The lowest BCUT2D eigenvalue weighted by molar-refractivity contribution is 0.557. The summed E-state index contributed by atoms with van der Waals surface area (Å²) in [6.45, 7) is 0. The van der Waals surface area contributed by atoms with Crippen LogP contribution in [0.2, 0.25) is 0 Å². The third-order valence-electron chi connectivity index (χ3n) is 0.770. The molecule has 0 fully saturated rings. The summed E-state index contributed by atoms with van der Waals surface area (Å²) in [6, 6.07) is 3.74. The number of hydrogen-bond acceptors (Lipinski definition) is 1. The van der Waals surface area contributed by atoms with Crippen molar-refractivity contribution in [2.45, 2.75) is 0 Å². The molecule has 1 heterocycles. The third-order valence-corrected chi connectivity index (χ3v) is 1.03. The van der Waals surface area contributed by atoms with E-state index in [1.165, 1.54) is 0 Å². The van der Waals surface area contributed by atoms with E-state index in [2.05, 4.69) is 15.9 Å². The van der Waals surface area contributed by atoms with Gasteiger partial charge in [0.15, 0.2) is 0 Å². The first-order valence-corrected chi connectivity index (χ1v) is 3.15. The fourth-order valence-electron chi connectivity index (χ4n) is 0.448. The van der Waals surface area contributed by atoms with Gasteiger partial charge in [0.25, 0.3) is 0 Å². The van der Waals surface area contributed by atoms with Crippen LogP contribution in [-0.4, -0.2) is 0 Å². The van der Waals surface area contributed by atoms with Gasteiger partial charge >= 0.3 is 0 Å². The molecule has 0 bridgehead atoms. The molecule has 0 aliphatic carbocycles. The van der Waals surface area contributed by atoms with Crippen molar-refractivity contribution >= 4 is 22.0 Å². The first kappa shape index (κ1) is 5.63. The molecular formula is C6H5BrO. The summed E-state index contributed by atoms with van der Waals surface area (Å²) in [5.41, 5.74) is 0. The van der Waals surface area contributed by atoms with E-state index in [9.17, 15) is 0 Å². The second kappa shape index (κ2) is 2.72. The van der Waals surface area contributed by atoms with Crippen LogP contribution >= 0.6 is 15.9 Å². The smallest absolute Gasteiger partial charge is 0.127 e. The monoisotopic (exact) mass is 172 g/mol. The second-order valence-corrected chi connectivity index (χ2v) is 1.84. The lowest BCUT2D eigenvalue weighted by atomic mass is 10.5. The van der Waals surface area contributed by atoms with Gasteiger partial charge in [-0.2, -0.15) is 0 Å². The standard InChI is InChI=1S/C6H5BrO/c7-4-3-6-2-1-5-8-6/h1-5H/b4-3+. The fourth-order valence-corrected chi connectivity index (χ4v) is 0.709. The zero-order valence-electron chi connectivity index (χ0n) is 4.17. The van der Waals surface area contributed by atoms with Crippen molar-refractivity contribution in [2.75, 3.05) is 0 Å². The van der Waals surface area contributed by atoms with E-state index in [0.29, 0.717) is 0 Å². The van der Waals surface area contributed by atoms with Crippen LogP contribution in [0.5, 0.6) is 0 Å². The molecule has 1 aromatic rings. The molecule has 0 aliphatic rings. The minimum absolute atomic E-state index is 0.863. The summed E-state index contributed by atoms with van der Waals surface area (Å²) in [7, 11) is 0. The highest BCUT2D eigenvalue weighted by atomic mass is 79.9. The number of rotatable bonds is 1. The van der Waals surface area contributed by atoms with Crippen molar-refractivity contribution in [3.05, 3.63) is 29.1 Å². The Balaban J connectivity index is 2.77. The molecule has 0 spiro atoms. The Kier molecular flexibility index (Phi) is 1.92. The Bertz CT molecular complexity index is 165. The van der Waals surface area contributed by atoms with Gasteiger partial charge in [-0.05, 0) is 23.2 Å². The maximum Gasteiger partial charge on any atom is 0.127 e. The Hall–Kier alpha value is -0.500. The van der Waals surface area contributed by atoms with E-state index >= 15 is 0 Å². The predicted octanol–water partition coefficient (Wildman–Crippen LogP) is 2.65. The minimum Gasteiger partial charge on any atom is -0.465 e. The zero-order valence-corrected chi connectivity index (χ0v) is 5.76. The van der Waals surface area contributed by atoms with Gasteiger partial charge in [0.05, 0.1) is 6.26 Å². The Morgan fingerprint density at radius 1 is 1.62 bits per heavy atom. The normalized spacial score (nSPS) is 10.6. The Morgan fingerprint density at radius 2 is 2.50 bits per heavy atom. The van der Waals surface area contributed by atoms with Crippen LogP contribution in [0.1, 0.15) is 5.76 Å². The quantitative estimate of drug-likeness (QED) is 0.636. The molecule has 0 radical (unpaired) electrons. The predicted molar refractivity (Wildman–Crippen MR) is 36.7 cm³/mol. The van der Waals surface area contributed by atoms with Crippen molar-refractivity contribution in [2.24, 2.45) is 0 Å². The van der Waals surface area contributed by atoms with Crippen LogP contribution in [0.15, 0.2) is 27.8 Å². The van der Waals surface area contributed by atoms with Gasteiger partial charge in [-0.3, -0.25) is 0 Å². The summed E-state index contributed by atoms with van der Waals surface area (Å²) in [6.07, 6.45) is 3.47. The molecule has 1 nitrogen and oxygen atoms in total. The summed E-state index contributed by atoms with van der Waals surface area (Å²) in [5, 5.41) is 0. The zero-order chi connectivity index (χ0) is 5.82. The minimum atomic E-state index is 0.863. The van der Waals surface area contributed by atoms with E-state index in [-0.39, 0.29) is 0 Å². The van der Waals surface area contributed by atoms with Crippen molar-refractivity contribution in [1.82, 2.24) is 0 Å². The second-order valence-electron chi connectivity index (χ2n) is 1.31. The van der Waals surface area contributed by atoms with Gasteiger partial charge < -0.3 is 4.42 Å². The molecule has 0 amide bonds.